The standard InChI is InChI=1S/C31H26ClFN2O6S/c1-40-31(37)23-10-15-29(26(32)18-23)41-17-16-34-30(36)28-19-22-4-2-3-5-27(22)35(28)42(38,39)25-13-8-21(9-14-25)20-6-11-24(33)12-7-20/h2-15,18,28H,16-17,19H2,1H3,(H,34,36)/t28-/m0/s1. The third kappa shape index (κ3) is 5.95. The Kier molecular flexibility index (Phi) is 8.46. The van der Waals surface area contributed by atoms with E-state index < -0.39 is 27.9 Å². The van der Waals surface area contributed by atoms with Crippen LogP contribution in [0.15, 0.2) is 95.9 Å². The maximum atomic E-state index is 13.9. The van der Waals surface area contributed by atoms with Crippen molar-refractivity contribution in [1.29, 1.82) is 0 Å². The minimum Gasteiger partial charge on any atom is -0.490 e. The van der Waals surface area contributed by atoms with Gasteiger partial charge in [-0.05, 0) is 65.2 Å². The second kappa shape index (κ2) is 12.2. The molecule has 4 aromatic carbocycles. The molecule has 1 aliphatic rings. The van der Waals surface area contributed by atoms with E-state index in [4.69, 9.17) is 16.3 Å². The number of fused-ring (bicyclic) bond motifs is 1. The lowest BCUT2D eigenvalue weighted by atomic mass is 10.1. The number of carbonyl (C=O) groups is 2. The number of nitrogens with one attached hydrogen (secondary N) is 1. The molecule has 1 heterocycles. The molecule has 42 heavy (non-hydrogen) atoms. The molecule has 1 N–H and O–H groups in total. The number of hydrogen-bond donors (Lipinski definition) is 1. The Balaban J connectivity index is 1.29. The van der Waals surface area contributed by atoms with Crippen molar-refractivity contribution in [3.05, 3.63) is 113 Å². The normalized spacial score (nSPS) is 14.3. The molecule has 0 aromatic heterocycles. The summed E-state index contributed by atoms with van der Waals surface area (Å²) in [6.07, 6.45) is 0.205. The Labute approximate surface area is 247 Å². The van der Waals surface area contributed by atoms with Crippen molar-refractivity contribution in [1.82, 2.24) is 5.32 Å². The molecule has 1 atom stereocenters. The summed E-state index contributed by atoms with van der Waals surface area (Å²) in [5, 5.41) is 2.97. The van der Waals surface area contributed by atoms with Gasteiger partial charge in [-0.15, -0.1) is 0 Å². The highest BCUT2D eigenvalue weighted by Crippen LogP contribution is 2.37. The van der Waals surface area contributed by atoms with Gasteiger partial charge in [-0.1, -0.05) is 54.1 Å². The molecule has 0 fully saturated rings. The first-order valence-corrected chi connectivity index (χ1v) is 14.8. The van der Waals surface area contributed by atoms with E-state index in [0.29, 0.717) is 11.4 Å². The minimum absolute atomic E-state index is 0.0243. The molecule has 1 amide bonds. The molecule has 0 spiro atoms. The van der Waals surface area contributed by atoms with E-state index in [1.165, 1.54) is 49.6 Å². The molecule has 0 saturated carbocycles. The number of nitrogens with zero attached hydrogens (tertiary/aromatic N) is 1. The highest BCUT2D eigenvalue weighted by Gasteiger charge is 2.42. The number of esters is 1. The molecule has 5 rings (SSSR count). The summed E-state index contributed by atoms with van der Waals surface area (Å²) in [6, 6.07) is 22.6. The molecular formula is C31H26ClFN2O6S. The van der Waals surface area contributed by atoms with E-state index in [-0.39, 0.29) is 40.9 Å². The third-order valence-corrected chi connectivity index (χ3v) is 8.96. The van der Waals surface area contributed by atoms with E-state index in [2.05, 4.69) is 10.1 Å². The molecule has 0 radical (unpaired) electrons. The predicted octanol–water partition coefficient (Wildman–Crippen LogP) is 5.25. The molecule has 1 aliphatic heterocycles. The topological polar surface area (TPSA) is 102 Å². The quantitative estimate of drug-likeness (QED) is 0.206. The van der Waals surface area contributed by atoms with Gasteiger partial charge in [0.15, 0.2) is 0 Å². The summed E-state index contributed by atoms with van der Waals surface area (Å²) in [7, 11) is -2.85. The molecule has 216 valence electrons. The smallest absolute Gasteiger partial charge is 0.337 e. The van der Waals surface area contributed by atoms with Gasteiger partial charge in [0.2, 0.25) is 5.91 Å². The van der Waals surface area contributed by atoms with Crippen molar-refractivity contribution in [2.45, 2.75) is 17.4 Å². The first kappa shape index (κ1) is 29.1. The van der Waals surface area contributed by atoms with Crippen molar-refractivity contribution in [2.75, 3.05) is 24.6 Å². The van der Waals surface area contributed by atoms with E-state index in [9.17, 15) is 22.4 Å². The number of benzene rings is 4. The maximum Gasteiger partial charge on any atom is 0.337 e. The van der Waals surface area contributed by atoms with Gasteiger partial charge in [0.25, 0.3) is 10.0 Å². The van der Waals surface area contributed by atoms with Gasteiger partial charge in [0.1, 0.15) is 24.2 Å². The number of hydrogen-bond acceptors (Lipinski definition) is 6. The number of carbonyl (C=O) groups excluding carboxylic acids is 2. The van der Waals surface area contributed by atoms with Gasteiger partial charge in [0.05, 0.1) is 34.8 Å². The fourth-order valence-corrected chi connectivity index (χ4v) is 6.63. The van der Waals surface area contributed by atoms with Crippen LogP contribution < -0.4 is 14.4 Å². The van der Waals surface area contributed by atoms with Crippen molar-refractivity contribution >= 4 is 39.2 Å². The summed E-state index contributed by atoms with van der Waals surface area (Å²) in [4.78, 5) is 25.0. The second-order valence-corrected chi connectivity index (χ2v) is 11.7. The summed E-state index contributed by atoms with van der Waals surface area (Å²) in [6.45, 7) is 0.140. The fraction of sp³-hybridized carbons (Fsp3) is 0.161. The van der Waals surface area contributed by atoms with Crippen LogP contribution in [0.2, 0.25) is 5.02 Å². The van der Waals surface area contributed by atoms with Gasteiger partial charge >= 0.3 is 5.97 Å². The first-order valence-electron chi connectivity index (χ1n) is 13.0. The number of anilines is 1. The zero-order chi connectivity index (χ0) is 29.9. The van der Waals surface area contributed by atoms with Gasteiger partial charge in [-0.2, -0.15) is 0 Å². The lowest BCUT2D eigenvalue weighted by molar-refractivity contribution is -0.122. The number of ether oxygens (including phenoxy) is 2. The van der Waals surface area contributed by atoms with Crippen molar-refractivity contribution in [3.63, 3.8) is 0 Å². The molecule has 0 unspecified atom stereocenters. The van der Waals surface area contributed by atoms with Crippen molar-refractivity contribution in [3.8, 4) is 16.9 Å². The van der Waals surface area contributed by atoms with Crippen LogP contribution in [-0.4, -0.2) is 46.6 Å². The molecule has 4 aromatic rings. The zero-order valence-corrected chi connectivity index (χ0v) is 24.0. The number of amides is 1. The SMILES string of the molecule is COC(=O)c1ccc(OCCNC(=O)[C@@H]2Cc3ccccc3N2S(=O)(=O)c2ccc(-c3ccc(F)cc3)cc2)c(Cl)c1. The first-order chi connectivity index (χ1) is 20.2. The van der Waals surface area contributed by atoms with E-state index in [1.807, 2.05) is 0 Å². The van der Waals surface area contributed by atoms with Gasteiger partial charge in [-0.25, -0.2) is 17.6 Å². The average Bonchev–Trinajstić information content (AvgIpc) is 3.41. The largest absolute Gasteiger partial charge is 0.490 e. The molecule has 0 saturated heterocycles. The summed E-state index contributed by atoms with van der Waals surface area (Å²) in [5.74, 6) is -1.05. The summed E-state index contributed by atoms with van der Waals surface area (Å²) >= 11 is 6.20. The van der Waals surface area contributed by atoms with E-state index >= 15 is 0 Å². The Bertz CT molecular complexity index is 1730. The number of methoxy groups -OCH3 is 1. The Hall–Kier alpha value is -4.41. The van der Waals surface area contributed by atoms with Crippen LogP contribution in [0.4, 0.5) is 10.1 Å². The van der Waals surface area contributed by atoms with Crippen LogP contribution in [-0.2, 0) is 26.0 Å². The lowest BCUT2D eigenvalue weighted by Gasteiger charge is -2.26. The zero-order valence-electron chi connectivity index (χ0n) is 22.4. The molecule has 0 aliphatic carbocycles. The molecule has 8 nitrogen and oxygen atoms in total. The van der Waals surface area contributed by atoms with E-state index in [0.717, 1.165) is 21.0 Å². The predicted molar refractivity (Wildman–Crippen MR) is 157 cm³/mol. The monoisotopic (exact) mass is 608 g/mol. The third-order valence-electron chi connectivity index (χ3n) is 6.83. The molecular weight excluding hydrogens is 583 g/mol. The van der Waals surface area contributed by atoms with Crippen molar-refractivity contribution in [2.24, 2.45) is 0 Å². The van der Waals surface area contributed by atoms with Crippen LogP contribution >= 0.6 is 11.6 Å². The van der Waals surface area contributed by atoms with Crippen LogP contribution in [0.25, 0.3) is 11.1 Å². The van der Waals surface area contributed by atoms with Crippen LogP contribution in [0.1, 0.15) is 15.9 Å². The summed E-state index contributed by atoms with van der Waals surface area (Å²) < 4.78 is 52.6. The number of halogens is 2. The maximum absolute atomic E-state index is 13.9. The van der Waals surface area contributed by atoms with Crippen LogP contribution in [0.5, 0.6) is 5.75 Å². The molecule has 0 bridgehead atoms. The Morgan fingerprint density at radius 1 is 0.976 bits per heavy atom. The number of rotatable bonds is 9. The van der Waals surface area contributed by atoms with Gasteiger partial charge < -0.3 is 14.8 Å². The van der Waals surface area contributed by atoms with E-state index in [1.54, 1.807) is 48.5 Å². The fourth-order valence-electron chi connectivity index (χ4n) is 4.74. The molecule has 11 heteroatoms. The highest BCUT2D eigenvalue weighted by molar-refractivity contribution is 7.93. The lowest BCUT2D eigenvalue weighted by Crippen LogP contribution is -2.48. The van der Waals surface area contributed by atoms with Gasteiger partial charge in [-0.3, -0.25) is 9.10 Å². The highest BCUT2D eigenvalue weighted by atomic mass is 35.5. The average molecular weight is 609 g/mol. The number of sulfonamides is 1. The summed E-state index contributed by atoms with van der Waals surface area (Å²) in [5.41, 5.74) is 2.92. The number of para-hydroxylation sites is 1. The second-order valence-electron chi connectivity index (χ2n) is 9.46. The van der Waals surface area contributed by atoms with Gasteiger partial charge in [0, 0.05) is 6.42 Å². The van der Waals surface area contributed by atoms with Crippen molar-refractivity contribution < 1.29 is 31.9 Å². The van der Waals surface area contributed by atoms with Crippen LogP contribution in [0, 0.1) is 5.82 Å². The van der Waals surface area contributed by atoms with Crippen LogP contribution in [0.3, 0.4) is 0 Å². The minimum atomic E-state index is -4.12. The Morgan fingerprint density at radius 3 is 2.31 bits per heavy atom. The Morgan fingerprint density at radius 2 is 1.64 bits per heavy atom.